The molecule has 1 saturated heterocycles. The highest BCUT2D eigenvalue weighted by atomic mass is 16.6. The number of benzene rings is 1. The fourth-order valence-electron chi connectivity index (χ4n) is 3.51. The molecule has 8 heteroatoms. The Labute approximate surface area is 183 Å². The molecule has 1 N–H and O–H groups in total. The van der Waals surface area contributed by atoms with Crippen LogP contribution in [0.1, 0.15) is 58.1 Å². The summed E-state index contributed by atoms with van der Waals surface area (Å²) in [5.41, 5.74) is 0.734. The molecule has 1 heterocycles. The Morgan fingerprint density at radius 2 is 1.84 bits per heavy atom. The number of ether oxygens (including phenoxy) is 2. The van der Waals surface area contributed by atoms with Gasteiger partial charge in [-0.1, -0.05) is 24.3 Å². The Morgan fingerprint density at radius 1 is 1.26 bits per heavy atom. The van der Waals surface area contributed by atoms with Crippen LogP contribution in [0.2, 0.25) is 0 Å². The number of piperidine rings is 1. The van der Waals surface area contributed by atoms with Crippen molar-refractivity contribution in [3.8, 4) is 6.07 Å². The third-order valence-corrected chi connectivity index (χ3v) is 4.92. The first-order valence-corrected chi connectivity index (χ1v) is 10.3. The molecular weight excluding hydrogens is 400 g/mol. The second-order valence-electron chi connectivity index (χ2n) is 8.23. The molecule has 8 nitrogen and oxygen atoms in total. The summed E-state index contributed by atoms with van der Waals surface area (Å²) in [6, 6.07) is 10.3. The number of nitriles is 1. The van der Waals surface area contributed by atoms with Gasteiger partial charge in [0.2, 0.25) is 0 Å². The number of esters is 1. The van der Waals surface area contributed by atoms with Crippen LogP contribution in [0.5, 0.6) is 0 Å². The van der Waals surface area contributed by atoms with Crippen LogP contribution in [0.15, 0.2) is 24.3 Å². The number of carboxylic acid groups (broad SMARTS) is 1. The van der Waals surface area contributed by atoms with Crippen molar-refractivity contribution in [1.29, 1.82) is 5.26 Å². The van der Waals surface area contributed by atoms with Crippen LogP contribution in [0.3, 0.4) is 0 Å². The Morgan fingerprint density at radius 3 is 2.35 bits per heavy atom. The normalized spacial score (nSPS) is 15.0. The Bertz CT molecular complexity index is 786. The number of hydrogen-bond acceptors (Lipinski definition) is 6. The predicted octanol–water partition coefficient (Wildman–Crippen LogP) is 3.68. The van der Waals surface area contributed by atoms with Crippen LogP contribution in [0.4, 0.5) is 4.79 Å². The van der Waals surface area contributed by atoms with E-state index in [1.54, 1.807) is 11.8 Å². The Hall–Kier alpha value is -3.08. The monoisotopic (exact) mass is 432 g/mol. The SMILES string of the molecule is CCOC(=O)CCc1ccccc1C1(C#N)CCN(C(=O)OC(C)(C)C)CC1.O=CO. The van der Waals surface area contributed by atoms with Gasteiger partial charge >= 0.3 is 12.1 Å². The molecule has 1 aromatic carbocycles. The van der Waals surface area contributed by atoms with E-state index < -0.39 is 11.0 Å². The summed E-state index contributed by atoms with van der Waals surface area (Å²) in [7, 11) is 0. The second kappa shape index (κ2) is 11.9. The average molecular weight is 433 g/mol. The average Bonchev–Trinajstić information content (AvgIpc) is 2.72. The van der Waals surface area contributed by atoms with Gasteiger partial charge in [0, 0.05) is 19.5 Å². The maximum Gasteiger partial charge on any atom is 0.410 e. The van der Waals surface area contributed by atoms with Gasteiger partial charge in [0.25, 0.3) is 6.47 Å². The topological polar surface area (TPSA) is 117 Å². The first-order chi connectivity index (χ1) is 14.6. The summed E-state index contributed by atoms with van der Waals surface area (Å²) in [6.07, 6.45) is 1.57. The van der Waals surface area contributed by atoms with Crippen LogP contribution >= 0.6 is 0 Å². The van der Waals surface area contributed by atoms with Gasteiger partial charge in [0.1, 0.15) is 5.60 Å². The van der Waals surface area contributed by atoms with E-state index in [0.29, 0.717) is 39.0 Å². The molecule has 170 valence electrons. The highest BCUT2D eigenvalue weighted by Gasteiger charge is 2.39. The predicted molar refractivity (Wildman–Crippen MR) is 114 cm³/mol. The minimum absolute atomic E-state index is 0.233. The smallest absolute Gasteiger partial charge is 0.410 e. The van der Waals surface area contributed by atoms with Crippen molar-refractivity contribution in [2.45, 2.75) is 64.4 Å². The lowest BCUT2D eigenvalue weighted by Crippen LogP contribution is -2.46. The zero-order chi connectivity index (χ0) is 23.5. The van der Waals surface area contributed by atoms with Crippen molar-refractivity contribution < 1.29 is 29.0 Å². The van der Waals surface area contributed by atoms with Crippen LogP contribution in [-0.4, -0.2) is 53.8 Å². The molecule has 0 saturated carbocycles. The number of carbonyl (C=O) groups excluding carboxylic acids is 2. The maximum absolute atomic E-state index is 12.3. The molecule has 0 radical (unpaired) electrons. The molecule has 0 spiro atoms. The standard InChI is InChI=1S/C22H30N2O4.CH2O2/c1-5-27-19(25)11-10-17-8-6-7-9-18(17)22(16-23)12-14-24(15-13-22)20(26)28-21(2,3)4;2-1-3/h6-9H,5,10-15H2,1-4H3;1H,(H,2,3). The first kappa shape index (κ1) is 26.0. The molecule has 1 fully saturated rings. The van der Waals surface area contributed by atoms with Gasteiger partial charge in [-0.3, -0.25) is 9.59 Å². The lowest BCUT2D eigenvalue weighted by molar-refractivity contribution is -0.143. The van der Waals surface area contributed by atoms with E-state index in [-0.39, 0.29) is 25.0 Å². The number of amides is 1. The van der Waals surface area contributed by atoms with E-state index in [0.717, 1.165) is 11.1 Å². The van der Waals surface area contributed by atoms with Gasteiger partial charge in [-0.25, -0.2) is 4.79 Å². The van der Waals surface area contributed by atoms with E-state index in [4.69, 9.17) is 19.4 Å². The number of likely N-dealkylation sites (tertiary alicyclic amines) is 1. The summed E-state index contributed by atoms with van der Waals surface area (Å²) in [5.74, 6) is -0.233. The van der Waals surface area contributed by atoms with E-state index in [1.807, 2.05) is 45.0 Å². The third kappa shape index (κ3) is 7.93. The molecule has 0 atom stereocenters. The highest BCUT2D eigenvalue weighted by molar-refractivity contribution is 5.70. The quantitative estimate of drug-likeness (QED) is 0.557. The Kier molecular flexibility index (Phi) is 10.00. The van der Waals surface area contributed by atoms with E-state index in [2.05, 4.69) is 6.07 Å². The van der Waals surface area contributed by atoms with Gasteiger partial charge in [0.15, 0.2) is 0 Å². The summed E-state index contributed by atoms with van der Waals surface area (Å²) >= 11 is 0. The summed E-state index contributed by atoms with van der Waals surface area (Å²) in [5, 5.41) is 16.9. The lowest BCUT2D eigenvalue weighted by atomic mass is 9.72. The molecule has 0 aliphatic carbocycles. The molecule has 0 bridgehead atoms. The van der Waals surface area contributed by atoms with Crippen molar-refractivity contribution >= 4 is 18.5 Å². The minimum atomic E-state index is -0.663. The van der Waals surface area contributed by atoms with Gasteiger partial charge < -0.3 is 19.5 Å². The fraction of sp³-hybridized carbons (Fsp3) is 0.565. The van der Waals surface area contributed by atoms with Gasteiger partial charge in [-0.2, -0.15) is 5.26 Å². The molecule has 1 aliphatic rings. The van der Waals surface area contributed by atoms with Crippen LogP contribution in [0.25, 0.3) is 0 Å². The van der Waals surface area contributed by atoms with Crippen LogP contribution < -0.4 is 0 Å². The second-order valence-corrected chi connectivity index (χ2v) is 8.23. The zero-order valence-electron chi connectivity index (χ0n) is 18.7. The molecule has 0 unspecified atom stereocenters. The van der Waals surface area contributed by atoms with E-state index in [9.17, 15) is 14.9 Å². The number of rotatable bonds is 5. The van der Waals surface area contributed by atoms with Crippen LogP contribution in [-0.2, 0) is 30.9 Å². The molecule has 1 aliphatic heterocycles. The minimum Gasteiger partial charge on any atom is -0.483 e. The van der Waals surface area contributed by atoms with Gasteiger partial charge in [-0.05, 0) is 58.1 Å². The maximum atomic E-state index is 12.3. The van der Waals surface area contributed by atoms with Gasteiger partial charge in [0.05, 0.1) is 18.1 Å². The van der Waals surface area contributed by atoms with Crippen molar-refractivity contribution in [3.05, 3.63) is 35.4 Å². The molecule has 1 amide bonds. The van der Waals surface area contributed by atoms with Crippen LogP contribution in [0, 0.1) is 11.3 Å². The molecule has 1 aromatic rings. The molecule has 2 rings (SSSR count). The lowest BCUT2D eigenvalue weighted by Gasteiger charge is -2.39. The summed E-state index contributed by atoms with van der Waals surface area (Å²) in [6.45, 7) is 8.36. The Balaban J connectivity index is 0.00000151. The molecular formula is C23H32N2O6. The summed E-state index contributed by atoms with van der Waals surface area (Å²) in [4.78, 5) is 34.1. The number of aryl methyl sites for hydroxylation is 1. The van der Waals surface area contributed by atoms with Crippen molar-refractivity contribution in [3.63, 3.8) is 0 Å². The van der Waals surface area contributed by atoms with E-state index in [1.165, 1.54) is 0 Å². The molecule has 31 heavy (non-hydrogen) atoms. The third-order valence-electron chi connectivity index (χ3n) is 4.92. The fourth-order valence-corrected chi connectivity index (χ4v) is 3.51. The number of nitrogens with zero attached hydrogens (tertiary/aromatic N) is 2. The summed E-state index contributed by atoms with van der Waals surface area (Å²) < 4.78 is 10.5. The van der Waals surface area contributed by atoms with Gasteiger partial charge in [-0.15, -0.1) is 0 Å². The van der Waals surface area contributed by atoms with E-state index >= 15 is 0 Å². The first-order valence-electron chi connectivity index (χ1n) is 10.3. The van der Waals surface area contributed by atoms with Crippen molar-refractivity contribution in [2.75, 3.05) is 19.7 Å². The molecule has 0 aromatic heterocycles. The largest absolute Gasteiger partial charge is 0.483 e. The zero-order valence-corrected chi connectivity index (χ0v) is 18.7. The number of carbonyl (C=O) groups is 3. The number of hydrogen-bond donors (Lipinski definition) is 1. The van der Waals surface area contributed by atoms with Crippen molar-refractivity contribution in [2.24, 2.45) is 0 Å². The van der Waals surface area contributed by atoms with Crippen molar-refractivity contribution in [1.82, 2.24) is 4.90 Å². The highest BCUT2D eigenvalue weighted by Crippen LogP contribution is 2.37.